The summed E-state index contributed by atoms with van der Waals surface area (Å²) in [5.74, 6) is 1.03. The van der Waals surface area contributed by atoms with Gasteiger partial charge in [-0.15, -0.1) is 0 Å². The molecule has 0 saturated heterocycles. The molecule has 0 N–H and O–H groups in total. The summed E-state index contributed by atoms with van der Waals surface area (Å²) in [5, 5.41) is 0. The van der Waals surface area contributed by atoms with E-state index in [0.717, 1.165) is 25.3 Å². The van der Waals surface area contributed by atoms with E-state index in [4.69, 9.17) is 4.74 Å². The normalized spacial score (nSPS) is 12.6. The molecule has 0 fully saturated rings. The number of hydrogen-bond donors (Lipinski definition) is 0. The molecule has 0 aromatic heterocycles. The highest BCUT2D eigenvalue weighted by Gasteiger charge is 1.94. The Balaban J connectivity index is 3.77. The second-order valence-corrected chi connectivity index (χ2v) is 5.27. The molecule has 0 amide bonds. The standard InChI is InChI=1S/C17H33NO/c1-5-7-8-9-10-11-12-14-17(13-6-2)19-16-15-18(3)4/h12-14H,5-11,15-16H2,1-4H3/b14-12-,17-13+. The van der Waals surface area contributed by atoms with Crippen molar-refractivity contribution in [3.05, 3.63) is 24.0 Å². The van der Waals surface area contributed by atoms with E-state index < -0.39 is 0 Å². The van der Waals surface area contributed by atoms with Crippen LogP contribution < -0.4 is 0 Å². The summed E-state index contributed by atoms with van der Waals surface area (Å²) in [7, 11) is 4.14. The van der Waals surface area contributed by atoms with Gasteiger partial charge < -0.3 is 9.64 Å². The molecule has 112 valence electrons. The average molecular weight is 267 g/mol. The van der Waals surface area contributed by atoms with Crippen LogP contribution in [-0.4, -0.2) is 32.1 Å². The molecule has 0 radical (unpaired) electrons. The number of allylic oxidation sites excluding steroid dienone is 3. The highest BCUT2D eigenvalue weighted by molar-refractivity contribution is 5.11. The van der Waals surface area contributed by atoms with E-state index in [1.165, 1.54) is 38.5 Å². The zero-order valence-corrected chi connectivity index (χ0v) is 13.5. The maximum atomic E-state index is 5.77. The van der Waals surface area contributed by atoms with Crippen molar-refractivity contribution in [1.29, 1.82) is 0 Å². The summed E-state index contributed by atoms with van der Waals surface area (Å²) in [5.41, 5.74) is 0. The molecule has 0 spiro atoms. The largest absolute Gasteiger partial charge is 0.493 e. The van der Waals surface area contributed by atoms with Crippen molar-refractivity contribution in [2.75, 3.05) is 27.2 Å². The molecule has 0 heterocycles. The monoisotopic (exact) mass is 267 g/mol. The summed E-state index contributed by atoms with van der Waals surface area (Å²) in [6.45, 7) is 6.13. The van der Waals surface area contributed by atoms with Gasteiger partial charge in [-0.05, 0) is 45.5 Å². The van der Waals surface area contributed by atoms with Gasteiger partial charge in [-0.3, -0.25) is 0 Å². The zero-order valence-electron chi connectivity index (χ0n) is 13.5. The molecule has 2 heteroatoms. The number of unbranched alkanes of at least 4 members (excludes halogenated alkanes) is 5. The Morgan fingerprint density at radius 2 is 1.79 bits per heavy atom. The lowest BCUT2D eigenvalue weighted by molar-refractivity contribution is 0.192. The lowest BCUT2D eigenvalue weighted by atomic mass is 10.1. The first-order valence-corrected chi connectivity index (χ1v) is 7.84. The van der Waals surface area contributed by atoms with Gasteiger partial charge in [-0.25, -0.2) is 0 Å². The van der Waals surface area contributed by atoms with Crippen molar-refractivity contribution in [2.24, 2.45) is 0 Å². The van der Waals surface area contributed by atoms with Crippen molar-refractivity contribution in [2.45, 2.75) is 58.8 Å². The molecular weight excluding hydrogens is 234 g/mol. The topological polar surface area (TPSA) is 12.5 Å². The van der Waals surface area contributed by atoms with E-state index in [-0.39, 0.29) is 0 Å². The highest BCUT2D eigenvalue weighted by Crippen LogP contribution is 2.07. The lowest BCUT2D eigenvalue weighted by Gasteiger charge is -2.11. The van der Waals surface area contributed by atoms with Crippen LogP contribution in [0.3, 0.4) is 0 Å². The van der Waals surface area contributed by atoms with E-state index in [2.05, 4.69) is 51.1 Å². The van der Waals surface area contributed by atoms with Crippen molar-refractivity contribution >= 4 is 0 Å². The smallest absolute Gasteiger partial charge is 0.115 e. The first kappa shape index (κ1) is 18.2. The first-order chi connectivity index (χ1) is 9.20. The van der Waals surface area contributed by atoms with Gasteiger partial charge in [-0.1, -0.05) is 45.6 Å². The number of nitrogens with zero attached hydrogens (tertiary/aromatic N) is 1. The van der Waals surface area contributed by atoms with Crippen LogP contribution in [0.2, 0.25) is 0 Å². The van der Waals surface area contributed by atoms with Crippen molar-refractivity contribution in [3.8, 4) is 0 Å². The van der Waals surface area contributed by atoms with Gasteiger partial charge in [0.25, 0.3) is 0 Å². The number of likely N-dealkylation sites (N-methyl/N-ethyl adjacent to an activating group) is 1. The van der Waals surface area contributed by atoms with Crippen LogP contribution in [0, 0.1) is 0 Å². The number of rotatable bonds is 12. The number of ether oxygens (including phenoxy) is 1. The molecule has 0 bridgehead atoms. The maximum absolute atomic E-state index is 5.77. The summed E-state index contributed by atoms with van der Waals surface area (Å²) in [4.78, 5) is 2.14. The Morgan fingerprint density at radius 3 is 2.42 bits per heavy atom. The SMILES string of the molecule is CC/C=C(\C=C/CCCCCCC)OCCN(C)C. The summed E-state index contributed by atoms with van der Waals surface area (Å²) >= 11 is 0. The maximum Gasteiger partial charge on any atom is 0.115 e. The van der Waals surface area contributed by atoms with E-state index in [1.54, 1.807) is 0 Å². The Hall–Kier alpha value is -0.760. The summed E-state index contributed by atoms with van der Waals surface area (Å²) in [6, 6.07) is 0. The van der Waals surface area contributed by atoms with Gasteiger partial charge >= 0.3 is 0 Å². The van der Waals surface area contributed by atoms with Crippen LogP contribution in [0.4, 0.5) is 0 Å². The van der Waals surface area contributed by atoms with Gasteiger partial charge in [0.1, 0.15) is 12.4 Å². The lowest BCUT2D eigenvalue weighted by Crippen LogP contribution is -2.17. The van der Waals surface area contributed by atoms with Crippen molar-refractivity contribution < 1.29 is 4.74 Å². The molecule has 0 saturated carbocycles. The molecule has 0 unspecified atom stereocenters. The van der Waals surface area contributed by atoms with Crippen LogP contribution in [-0.2, 0) is 4.74 Å². The fourth-order valence-corrected chi connectivity index (χ4v) is 1.79. The van der Waals surface area contributed by atoms with Crippen LogP contribution in [0.25, 0.3) is 0 Å². The first-order valence-electron chi connectivity index (χ1n) is 7.84. The van der Waals surface area contributed by atoms with Gasteiger partial charge in [0.05, 0.1) is 0 Å². The van der Waals surface area contributed by atoms with Gasteiger partial charge in [0.15, 0.2) is 0 Å². The minimum atomic E-state index is 0.764. The minimum Gasteiger partial charge on any atom is -0.493 e. The third-order valence-corrected chi connectivity index (χ3v) is 2.97. The van der Waals surface area contributed by atoms with Gasteiger partial charge in [-0.2, -0.15) is 0 Å². The van der Waals surface area contributed by atoms with Crippen molar-refractivity contribution in [1.82, 2.24) is 4.90 Å². The Labute approximate surface area is 120 Å². The van der Waals surface area contributed by atoms with E-state index >= 15 is 0 Å². The Morgan fingerprint density at radius 1 is 1.05 bits per heavy atom. The van der Waals surface area contributed by atoms with Crippen LogP contribution in [0.15, 0.2) is 24.0 Å². The Kier molecular flexibility index (Phi) is 13.1. The summed E-state index contributed by atoms with van der Waals surface area (Å²) in [6.07, 6.45) is 15.5. The van der Waals surface area contributed by atoms with Crippen LogP contribution in [0.5, 0.6) is 0 Å². The van der Waals surface area contributed by atoms with Crippen LogP contribution >= 0.6 is 0 Å². The predicted molar refractivity (Wildman–Crippen MR) is 85.4 cm³/mol. The predicted octanol–water partition coefficient (Wildman–Crippen LogP) is 4.78. The van der Waals surface area contributed by atoms with Gasteiger partial charge in [0.2, 0.25) is 0 Å². The molecule has 19 heavy (non-hydrogen) atoms. The third-order valence-electron chi connectivity index (χ3n) is 2.97. The second kappa shape index (κ2) is 13.7. The molecule has 0 aliphatic heterocycles. The van der Waals surface area contributed by atoms with E-state index in [1.807, 2.05) is 0 Å². The highest BCUT2D eigenvalue weighted by atomic mass is 16.5. The zero-order chi connectivity index (χ0) is 14.3. The average Bonchev–Trinajstić information content (AvgIpc) is 2.37. The fourth-order valence-electron chi connectivity index (χ4n) is 1.79. The Bertz CT molecular complexity index is 244. The molecular formula is C17H33NO. The number of hydrogen-bond acceptors (Lipinski definition) is 2. The summed E-state index contributed by atoms with van der Waals surface area (Å²) < 4.78 is 5.77. The molecule has 0 aliphatic rings. The molecule has 0 aliphatic carbocycles. The molecule has 0 aromatic rings. The third kappa shape index (κ3) is 13.5. The van der Waals surface area contributed by atoms with Crippen LogP contribution in [0.1, 0.15) is 58.8 Å². The van der Waals surface area contributed by atoms with E-state index in [0.29, 0.717) is 0 Å². The fraction of sp³-hybridized carbons (Fsp3) is 0.765. The minimum absolute atomic E-state index is 0.764. The molecule has 2 nitrogen and oxygen atoms in total. The molecule has 0 aromatic carbocycles. The van der Waals surface area contributed by atoms with Crippen molar-refractivity contribution in [3.63, 3.8) is 0 Å². The second-order valence-electron chi connectivity index (χ2n) is 5.27. The molecule has 0 rings (SSSR count). The quantitative estimate of drug-likeness (QED) is 0.287. The van der Waals surface area contributed by atoms with E-state index in [9.17, 15) is 0 Å². The van der Waals surface area contributed by atoms with Gasteiger partial charge in [0, 0.05) is 6.54 Å². The molecule has 0 atom stereocenters.